The summed E-state index contributed by atoms with van der Waals surface area (Å²) in [5.74, 6) is 0.127. The van der Waals surface area contributed by atoms with Crippen molar-refractivity contribution in [1.29, 1.82) is 0 Å². The van der Waals surface area contributed by atoms with Gasteiger partial charge in [-0.15, -0.1) is 0 Å². The number of amides is 1. The SMILES string of the molecule is O=C(CN1CCCC1)NC[C@]1(c2ccccc2)CC[C@H](O)[C@@H](N2CCOCC2)CC1. The number of aliphatic hydroxyl groups excluding tert-OH is 1. The Balaban J connectivity index is 1.46. The fourth-order valence-corrected chi connectivity index (χ4v) is 5.52. The summed E-state index contributed by atoms with van der Waals surface area (Å²) in [5.41, 5.74) is 1.16. The molecule has 0 radical (unpaired) electrons. The molecule has 3 fully saturated rings. The van der Waals surface area contributed by atoms with E-state index in [1.54, 1.807) is 0 Å². The highest BCUT2D eigenvalue weighted by molar-refractivity contribution is 5.78. The Bertz CT molecular complexity index is 674. The Morgan fingerprint density at radius 2 is 1.77 bits per heavy atom. The zero-order valence-electron chi connectivity index (χ0n) is 18.1. The zero-order chi connectivity index (χ0) is 20.8. The highest BCUT2D eigenvalue weighted by Gasteiger charge is 2.40. The highest BCUT2D eigenvalue weighted by Crippen LogP contribution is 2.39. The molecule has 1 aromatic carbocycles. The standard InChI is InChI=1S/C24H37N3O3/c28-22-9-11-24(20-6-2-1-3-7-20,10-8-21(22)27-14-16-30-17-15-27)19-25-23(29)18-26-12-4-5-13-26/h1-3,6-7,21-22,28H,4-5,8-19H2,(H,25,29)/t21-,22-,24+/m0/s1. The lowest BCUT2D eigenvalue weighted by atomic mass is 9.74. The largest absolute Gasteiger partial charge is 0.391 e. The average Bonchev–Trinajstić information content (AvgIpc) is 3.23. The van der Waals surface area contributed by atoms with Crippen molar-refractivity contribution in [1.82, 2.24) is 15.1 Å². The molecular formula is C24H37N3O3. The van der Waals surface area contributed by atoms with Crippen molar-refractivity contribution >= 4 is 5.91 Å². The lowest BCUT2D eigenvalue weighted by Crippen LogP contribution is -2.48. The van der Waals surface area contributed by atoms with Gasteiger partial charge >= 0.3 is 0 Å². The van der Waals surface area contributed by atoms with Gasteiger partial charge in [0.1, 0.15) is 0 Å². The molecule has 2 N–H and O–H groups in total. The first-order valence-corrected chi connectivity index (χ1v) is 11.7. The molecule has 2 heterocycles. The summed E-state index contributed by atoms with van der Waals surface area (Å²) in [4.78, 5) is 17.3. The van der Waals surface area contributed by atoms with Crippen LogP contribution in [0.3, 0.4) is 0 Å². The van der Waals surface area contributed by atoms with Crippen LogP contribution in [0.5, 0.6) is 0 Å². The maximum atomic E-state index is 12.7. The fourth-order valence-electron chi connectivity index (χ4n) is 5.52. The van der Waals surface area contributed by atoms with Crippen LogP contribution in [0.1, 0.15) is 44.1 Å². The second-order valence-electron chi connectivity index (χ2n) is 9.27. The molecule has 3 aliphatic rings. The van der Waals surface area contributed by atoms with Gasteiger partial charge in [0.2, 0.25) is 5.91 Å². The summed E-state index contributed by atoms with van der Waals surface area (Å²) < 4.78 is 5.51. The molecule has 30 heavy (non-hydrogen) atoms. The number of hydrogen-bond acceptors (Lipinski definition) is 5. The molecule has 4 rings (SSSR count). The Morgan fingerprint density at radius 1 is 1.07 bits per heavy atom. The van der Waals surface area contributed by atoms with Gasteiger partial charge in [-0.2, -0.15) is 0 Å². The smallest absolute Gasteiger partial charge is 0.234 e. The maximum absolute atomic E-state index is 12.7. The molecule has 1 saturated carbocycles. The van der Waals surface area contributed by atoms with E-state index in [4.69, 9.17) is 4.74 Å². The van der Waals surface area contributed by atoms with Crippen molar-refractivity contribution in [2.45, 2.75) is 56.1 Å². The predicted molar refractivity (Wildman–Crippen MR) is 117 cm³/mol. The molecule has 6 nitrogen and oxygen atoms in total. The molecule has 166 valence electrons. The van der Waals surface area contributed by atoms with Crippen molar-refractivity contribution in [2.24, 2.45) is 0 Å². The minimum atomic E-state index is -0.325. The first kappa shape index (κ1) is 21.8. The van der Waals surface area contributed by atoms with Gasteiger partial charge in [0, 0.05) is 31.1 Å². The highest BCUT2D eigenvalue weighted by atomic mass is 16.5. The molecule has 1 aromatic rings. The molecule has 0 spiro atoms. The minimum absolute atomic E-state index is 0.121. The van der Waals surface area contributed by atoms with Crippen molar-refractivity contribution in [3.63, 3.8) is 0 Å². The van der Waals surface area contributed by atoms with E-state index in [-0.39, 0.29) is 23.5 Å². The van der Waals surface area contributed by atoms with Crippen LogP contribution in [0.15, 0.2) is 30.3 Å². The summed E-state index contributed by atoms with van der Waals surface area (Å²) >= 11 is 0. The van der Waals surface area contributed by atoms with E-state index in [0.717, 1.165) is 65.1 Å². The zero-order valence-corrected chi connectivity index (χ0v) is 18.1. The van der Waals surface area contributed by atoms with Crippen LogP contribution < -0.4 is 5.32 Å². The van der Waals surface area contributed by atoms with Crippen molar-refractivity contribution in [3.05, 3.63) is 35.9 Å². The van der Waals surface area contributed by atoms with Crippen molar-refractivity contribution in [2.75, 3.05) is 52.5 Å². The van der Waals surface area contributed by atoms with E-state index < -0.39 is 0 Å². The number of ether oxygens (including phenoxy) is 1. The predicted octanol–water partition coefficient (Wildman–Crippen LogP) is 1.77. The van der Waals surface area contributed by atoms with Gasteiger partial charge in [-0.25, -0.2) is 0 Å². The monoisotopic (exact) mass is 415 g/mol. The normalized spacial score (nSPS) is 31.4. The van der Waals surface area contributed by atoms with Gasteiger partial charge < -0.3 is 15.2 Å². The van der Waals surface area contributed by atoms with E-state index in [1.807, 2.05) is 6.07 Å². The Morgan fingerprint density at radius 3 is 2.50 bits per heavy atom. The molecule has 0 aromatic heterocycles. The number of nitrogens with one attached hydrogen (secondary N) is 1. The molecule has 2 aliphatic heterocycles. The van der Waals surface area contributed by atoms with Crippen molar-refractivity contribution < 1.29 is 14.6 Å². The van der Waals surface area contributed by atoms with E-state index in [1.165, 1.54) is 18.4 Å². The molecule has 0 unspecified atom stereocenters. The minimum Gasteiger partial charge on any atom is -0.391 e. The topological polar surface area (TPSA) is 65.0 Å². The van der Waals surface area contributed by atoms with E-state index in [2.05, 4.69) is 39.4 Å². The third-order valence-corrected chi connectivity index (χ3v) is 7.37. The number of rotatable bonds is 6. The molecule has 0 bridgehead atoms. The number of carbonyl (C=O) groups is 1. The molecule has 3 atom stereocenters. The van der Waals surface area contributed by atoms with Gasteiger partial charge in [0.25, 0.3) is 0 Å². The van der Waals surface area contributed by atoms with Crippen LogP contribution in [0, 0.1) is 0 Å². The fraction of sp³-hybridized carbons (Fsp3) is 0.708. The van der Waals surface area contributed by atoms with Gasteiger partial charge in [-0.3, -0.25) is 14.6 Å². The number of aliphatic hydroxyl groups is 1. The summed E-state index contributed by atoms with van der Waals surface area (Å²) in [6.45, 7) is 6.50. The maximum Gasteiger partial charge on any atom is 0.234 e. The second-order valence-corrected chi connectivity index (χ2v) is 9.27. The molecular weight excluding hydrogens is 378 g/mol. The van der Waals surface area contributed by atoms with Crippen LogP contribution in [0.2, 0.25) is 0 Å². The summed E-state index contributed by atoms with van der Waals surface area (Å²) in [5, 5.41) is 14.2. The third-order valence-electron chi connectivity index (χ3n) is 7.37. The van der Waals surface area contributed by atoms with Crippen LogP contribution in [0.4, 0.5) is 0 Å². The second kappa shape index (κ2) is 10.2. The van der Waals surface area contributed by atoms with Crippen LogP contribution in [0.25, 0.3) is 0 Å². The van der Waals surface area contributed by atoms with Crippen LogP contribution >= 0.6 is 0 Å². The van der Waals surface area contributed by atoms with Gasteiger partial charge in [0.05, 0.1) is 25.9 Å². The summed E-state index contributed by atoms with van der Waals surface area (Å²) in [6, 6.07) is 10.8. The first-order chi connectivity index (χ1) is 14.7. The van der Waals surface area contributed by atoms with Gasteiger partial charge in [-0.1, -0.05) is 30.3 Å². The quantitative estimate of drug-likeness (QED) is 0.694. The number of benzene rings is 1. The average molecular weight is 416 g/mol. The first-order valence-electron chi connectivity index (χ1n) is 11.7. The number of carbonyl (C=O) groups excluding carboxylic acids is 1. The number of likely N-dealkylation sites (tertiary alicyclic amines) is 1. The van der Waals surface area contributed by atoms with Crippen molar-refractivity contribution in [3.8, 4) is 0 Å². The number of morpholine rings is 1. The number of nitrogens with zero attached hydrogens (tertiary/aromatic N) is 2. The summed E-state index contributed by atoms with van der Waals surface area (Å²) in [6.07, 6.45) is 5.64. The van der Waals surface area contributed by atoms with Gasteiger partial charge in [-0.05, 0) is 57.2 Å². The molecule has 6 heteroatoms. The molecule has 1 amide bonds. The number of hydrogen-bond donors (Lipinski definition) is 2. The Kier molecular flexibility index (Phi) is 7.41. The van der Waals surface area contributed by atoms with E-state index >= 15 is 0 Å². The lowest BCUT2D eigenvalue weighted by molar-refractivity contribution is -0.122. The molecule has 2 saturated heterocycles. The van der Waals surface area contributed by atoms with Gasteiger partial charge in [0.15, 0.2) is 0 Å². The van der Waals surface area contributed by atoms with Crippen LogP contribution in [-0.4, -0.2) is 85.4 Å². The Labute approximate surface area is 180 Å². The van der Waals surface area contributed by atoms with Crippen LogP contribution in [-0.2, 0) is 14.9 Å². The Hall–Kier alpha value is -1.47. The summed E-state index contributed by atoms with van der Waals surface area (Å²) in [7, 11) is 0. The third kappa shape index (κ3) is 5.22. The molecule has 1 aliphatic carbocycles. The van der Waals surface area contributed by atoms with E-state index in [0.29, 0.717) is 13.1 Å². The lowest BCUT2D eigenvalue weighted by Gasteiger charge is -2.37. The van der Waals surface area contributed by atoms with E-state index in [9.17, 15) is 9.90 Å².